The van der Waals surface area contributed by atoms with Gasteiger partial charge in [-0.05, 0) is 126 Å². The van der Waals surface area contributed by atoms with Gasteiger partial charge in [-0.15, -0.1) is 0 Å². The third kappa shape index (κ3) is 21.5. The van der Waals surface area contributed by atoms with E-state index in [2.05, 4.69) is 96.9 Å². The summed E-state index contributed by atoms with van der Waals surface area (Å²) in [6, 6.07) is 0. The average Bonchev–Trinajstić information content (AvgIpc) is 3.77. The molecule has 0 unspecified atom stereocenters. The molecule has 0 spiro atoms. The zero-order valence-corrected chi connectivity index (χ0v) is 37.1. The SMILES string of the molecule is CC(C)(C)C1CC(F)(F)C1.CC(C)(C)C1CC(F)C1.CC(C)(C)C1CCC1.CC(C)(C)C1CCCC1.CC(C)(C)CC1CC1.CC(C)C1CC1. The van der Waals surface area contributed by atoms with Gasteiger partial charge in [-0.25, -0.2) is 13.2 Å². The molecule has 0 heterocycles. The van der Waals surface area contributed by atoms with E-state index < -0.39 is 12.1 Å². The van der Waals surface area contributed by atoms with Gasteiger partial charge in [-0.2, -0.15) is 0 Å². The maximum absolute atomic E-state index is 12.3. The fourth-order valence-corrected chi connectivity index (χ4v) is 7.55. The van der Waals surface area contributed by atoms with E-state index in [-0.39, 0.29) is 24.2 Å². The van der Waals surface area contributed by atoms with Crippen LogP contribution in [-0.2, 0) is 0 Å². The molecule has 6 fully saturated rings. The summed E-state index contributed by atoms with van der Waals surface area (Å²) in [6.45, 7) is 38.3. The van der Waals surface area contributed by atoms with Gasteiger partial charge in [0, 0.05) is 12.8 Å². The number of hydrogen-bond donors (Lipinski definition) is 0. The van der Waals surface area contributed by atoms with Crippen LogP contribution in [0.2, 0.25) is 0 Å². The first-order valence-electron chi connectivity index (χ1n) is 21.4. The largest absolute Gasteiger partial charge is 0.248 e. The Kier molecular flexibility index (Phi) is 18.5. The average molecular weight is 713 g/mol. The fourth-order valence-electron chi connectivity index (χ4n) is 7.55. The topological polar surface area (TPSA) is 0 Å². The molecule has 6 rings (SSSR count). The zero-order chi connectivity index (χ0) is 38.9. The van der Waals surface area contributed by atoms with E-state index in [1.54, 1.807) is 0 Å². The van der Waals surface area contributed by atoms with E-state index in [1.165, 1.54) is 77.0 Å². The molecule has 0 aromatic rings. The van der Waals surface area contributed by atoms with E-state index in [9.17, 15) is 13.2 Å². The van der Waals surface area contributed by atoms with Crippen LogP contribution in [-0.4, -0.2) is 12.1 Å². The van der Waals surface area contributed by atoms with Gasteiger partial charge in [-0.1, -0.05) is 150 Å². The summed E-state index contributed by atoms with van der Waals surface area (Å²) in [7, 11) is 0. The second-order valence-electron chi connectivity index (χ2n) is 23.6. The molecule has 0 nitrogen and oxygen atoms in total. The summed E-state index contributed by atoms with van der Waals surface area (Å²) < 4.78 is 36.9. The lowest BCUT2D eigenvalue weighted by Gasteiger charge is -2.43. The van der Waals surface area contributed by atoms with Gasteiger partial charge in [0.15, 0.2) is 0 Å². The maximum atomic E-state index is 12.3. The minimum absolute atomic E-state index is 0.0711. The van der Waals surface area contributed by atoms with Gasteiger partial charge >= 0.3 is 0 Å². The molecule has 6 aliphatic rings. The quantitative estimate of drug-likeness (QED) is 0.267. The Labute approximate surface area is 313 Å². The van der Waals surface area contributed by atoms with E-state index in [1.807, 2.05) is 20.8 Å². The number of hydrogen-bond acceptors (Lipinski definition) is 0. The molecule has 6 aliphatic carbocycles. The third-order valence-electron chi connectivity index (χ3n) is 12.7. The fraction of sp³-hybridized carbons (Fsp3) is 1.00. The van der Waals surface area contributed by atoms with Crippen LogP contribution in [0.5, 0.6) is 0 Å². The number of halogens is 3. The lowest BCUT2D eigenvalue weighted by Crippen LogP contribution is -2.42. The molecule has 0 saturated heterocycles. The standard InChI is InChI=1S/C9H18.C8H14F2.C8H15F.2C8H16.C6H12/c1-9(2,3)8-6-4-5-7-8;1-7(2,3)6-4-8(9,10)5-6;1-8(2,3)6-4-7(9)5-6;1-8(2,3)6-7-4-5-7;1-8(2,3)7-5-4-6-7;1-5(2)6-3-4-6/h8H,4-7H2,1-3H3;6H,4-5H2,1-3H3;6-7H,4-5H2,1-3H3;2*7H,4-6H2,1-3H3;5-6H,3-4H2,1-2H3. The molecule has 0 amide bonds. The van der Waals surface area contributed by atoms with Crippen molar-refractivity contribution in [3.63, 3.8) is 0 Å². The van der Waals surface area contributed by atoms with Crippen molar-refractivity contribution in [3.05, 3.63) is 0 Å². The van der Waals surface area contributed by atoms with Crippen LogP contribution in [0.15, 0.2) is 0 Å². The minimum atomic E-state index is -2.35. The second kappa shape index (κ2) is 19.4. The van der Waals surface area contributed by atoms with Crippen LogP contribution in [0.1, 0.15) is 220 Å². The first-order chi connectivity index (χ1) is 22.4. The summed E-state index contributed by atoms with van der Waals surface area (Å²) in [5.74, 6) is 3.71. The number of alkyl halides is 3. The molecule has 0 aromatic heterocycles. The molecule has 0 atom stereocenters. The number of rotatable bonds is 2. The van der Waals surface area contributed by atoms with Crippen LogP contribution in [0, 0.1) is 68.5 Å². The Hall–Kier alpha value is -0.210. The minimum Gasteiger partial charge on any atom is -0.247 e. The first kappa shape index (κ1) is 47.8. The van der Waals surface area contributed by atoms with Gasteiger partial charge in [-0.3, -0.25) is 0 Å². The van der Waals surface area contributed by atoms with E-state index in [4.69, 9.17) is 0 Å². The van der Waals surface area contributed by atoms with Crippen LogP contribution in [0.4, 0.5) is 13.2 Å². The van der Waals surface area contributed by atoms with Crippen molar-refractivity contribution >= 4 is 0 Å². The molecule has 300 valence electrons. The normalized spacial score (nSPS) is 25.6. The molecular formula is C47H91F3. The highest BCUT2D eigenvalue weighted by atomic mass is 19.3. The molecule has 50 heavy (non-hydrogen) atoms. The zero-order valence-electron chi connectivity index (χ0n) is 37.1. The highest BCUT2D eigenvalue weighted by Crippen LogP contribution is 2.50. The van der Waals surface area contributed by atoms with Gasteiger partial charge in [0.05, 0.1) is 0 Å². The maximum Gasteiger partial charge on any atom is 0.248 e. The lowest BCUT2D eigenvalue weighted by atomic mass is 9.66. The van der Waals surface area contributed by atoms with Gasteiger partial charge in [0.1, 0.15) is 6.17 Å². The summed E-state index contributed by atoms with van der Waals surface area (Å²) >= 11 is 0. The predicted molar refractivity (Wildman–Crippen MR) is 217 cm³/mol. The Morgan fingerprint density at radius 3 is 0.960 bits per heavy atom. The molecule has 6 saturated carbocycles. The van der Waals surface area contributed by atoms with Crippen molar-refractivity contribution in [1.82, 2.24) is 0 Å². The highest BCUT2D eigenvalue weighted by Gasteiger charge is 2.49. The summed E-state index contributed by atoms with van der Waals surface area (Å²) in [6.07, 6.45) is 19.0. The van der Waals surface area contributed by atoms with Crippen molar-refractivity contribution in [2.75, 3.05) is 0 Å². The van der Waals surface area contributed by atoms with Crippen molar-refractivity contribution in [2.24, 2.45) is 68.5 Å². The lowest BCUT2D eigenvalue weighted by molar-refractivity contribution is -0.138. The van der Waals surface area contributed by atoms with Gasteiger partial charge in [0.2, 0.25) is 5.92 Å². The molecule has 0 N–H and O–H groups in total. The smallest absolute Gasteiger partial charge is 0.247 e. The van der Waals surface area contributed by atoms with Crippen molar-refractivity contribution in [3.8, 4) is 0 Å². The molecule has 0 aliphatic heterocycles. The van der Waals surface area contributed by atoms with Crippen LogP contribution in [0.3, 0.4) is 0 Å². The van der Waals surface area contributed by atoms with Gasteiger partial charge in [0.25, 0.3) is 0 Å². The highest BCUT2D eigenvalue weighted by molar-refractivity contribution is 4.92. The predicted octanol–water partition coefficient (Wildman–Crippen LogP) is 16.8. The summed E-state index contributed by atoms with van der Waals surface area (Å²) in [4.78, 5) is 0. The van der Waals surface area contributed by atoms with Crippen molar-refractivity contribution < 1.29 is 13.2 Å². The molecular weight excluding hydrogens is 622 g/mol. The Morgan fingerprint density at radius 2 is 0.860 bits per heavy atom. The summed E-state index contributed by atoms with van der Waals surface area (Å²) in [5.41, 5.74) is 2.17. The van der Waals surface area contributed by atoms with E-state index in [0.717, 1.165) is 42.4 Å². The van der Waals surface area contributed by atoms with Gasteiger partial charge < -0.3 is 0 Å². The molecule has 0 aromatic carbocycles. The van der Waals surface area contributed by atoms with Crippen LogP contribution in [0.25, 0.3) is 0 Å². The molecule has 3 heteroatoms. The molecule has 0 radical (unpaired) electrons. The van der Waals surface area contributed by atoms with E-state index in [0.29, 0.717) is 27.6 Å². The third-order valence-corrected chi connectivity index (χ3v) is 12.7. The summed E-state index contributed by atoms with van der Waals surface area (Å²) in [5, 5.41) is 0. The molecule has 0 bridgehead atoms. The Morgan fingerprint density at radius 1 is 0.500 bits per heavy atom. The Bertz CT molecular complexity index is 881. The van der Waals surface area contributed by atoms with Crippen molar-refractivity contribution in [1.29, 1.82) is 0 Å². The Balaban J connectivity index is 0.000000302. The van der Waals surface area contributed by atoms with E-state index >= 15 is 0 Å². The monoisotopic (exact) mass is 713 g/mol. The second-order valence-corrected chi connectivity index (χ2v) is 23.6. The first-order valence-corrected chi connectivity index (χ1v) is 21.4. The van der Waals surface area contributed by atoms with Crippen LogP contribution >= 0.6 is 0 Å². The van der Waals surface area contributed by atoms with Crippen LogP contribution < -0.4 is 0 Å². The van der Waals surface area contributed by atoms with Crippen molar-refractivity contribution in [2.45, 2.75) is 233 Å².